The summed E-state index contributed by atoms with van der Waals surface area (Å²) in [6.07, 6.45) is 5.50. The Morgan fingerprint density at radius 1 is 1.44 bits per heavy atom. The third kappa shape index (κ3) is 2.06. The van der Waals surface area contributed by atoms with Gasteiger partial charge >= 0.3 is 0 Å². The Bertz CT molecular complexity index is 393. The van der Waals surface area contributed by atoms with E-state index < -0.39 is 0 Å². The number of aromatic nitrogens is 2. The van der Waals surface area contributed by atoms with Crippen LogP contribution in [0.3, 0.4) is 0 Å². The second-order valence-electron chi connectivity index (χ2n) is 5.28. The van der Waals surface area contributed by atoms with Crippen LogP contribution in [-0.2, 0) is 10.3 Å². The Labute approximate surface area is 107 Å². The highest BCUT2D eigenvalue weighted by Gasteiger charge is 2.41. The molecular formula is C13H21N3O2. The van der Waals surface area contributed by atoms with E-state index in [-0.39, 0.29) is 5.60 Å². The van der Waals surface area contributed by atoms with Crippen LogP contribution in [0, 0.1) is 0 Å². The molecule has 0 aromatic carbocycles. The highest BCUT2D eigenvalue weighted by atomic mass is 16.5. The Kier molecular flexibility index (Phi) is 3.35. The lowest BCUT2D eigenvalue weighted by Crippen LogP contribution is -2.27. The Hall–Kier alpha value is -0.940. The first-order valence-corrected chi connectivity index (χ1v) is 7.03. The third-order valence-electron chi connectivity index (χ3n) is 4.09. The fourth-order valence-electron chi connectivity index (χ4n) is 3.11. The predicted molar refractivity (Wildman–Crippen MR) is 66.3 cm³/mol. The van der Waals surface area contributed by atoms with E-state index in [9.17, 15) is 0 Å². The SMILES string of the molecule is CCOC1(c2noc(C3CCNC3)n2)CCCC1. The van der Waals surface area contributed by atoms with E-state index in [1.165, 1.54) is 12.8 Å². The van der Waals surface area contributed by atoms with Gasteiger partial charge in [0.2, 0.25) is 11.7 Å². The molecule has 1 atom stereocenters. The molecule has 1 saturated carbocycles. The topological polar surface area (TPSA) is 60.2 Å². The molecule has 0 spiro atoms. The Morgan fingerprint density at radius 3 is 2.94 bits per heavy atom. The maximum absolute atomic E-state index is 5.95. The maximum atomic E-state index is 5.95. The minimum atomic E-state index is -0.275. The van der Waals surface area contributed by atoms with E-state index in [2.05, 4.69) is 15.5 Å². The molecule has 2 aliphatic rings. The molecule has 0 amide bonds. The van der Waals surface area contributed by atoms with Gasteiger partial charge in [-0.05, 0) is 45.6 Å². The number of hydrogen-bond acceptors (Lipinski definition) is 5. The molecule has 1 aliphatic heterocycles. The first-order chi connectivity index (χ1) is 8.84. The van der Waals surface area contributed by atoms with Crippen molar-refractivity contribution in [3.8, 4) is 0 Å². The first-order valence-electron chi connectivity index (χ1n) is 7.03. The lowest BCUT2D eigenvalue weighted by molar-refractivity contribution is -0.0469. The number of ether oxygens (including phenoxy) is 1. The van der Waals surface area contributed by atoms with E-state index in [0.29, 0.717) is 12.5 Å². The third-order valence-corrected chi connectivity index (χ3v) is 4.09. The number of nitrogens with zero attached hydrogens (tertiary/aromatic N) is 2. The maximum Gasteiger partial charge on any atom is 0.231 e. The van der Waals surface area contributed by atoms with Crippen LogP contribution in [0.1, 0.15) is 56.7 Å². The molecule has 2 heterocycles. The van der Waals surface area contributed by atoms with Crippen molar-refractivity contribution in [2.24, 2.45) is 0 Å². The lowest BCUT2D eigenvalue weighted by atomic mass is 10.0. The normalized spacial score (nSPS) is 26.8. The summed E-state index contributed by atoms with van der Waals surface area (Å²) < 4.78 is 11.4. The summed E-state index contributed by atoms with van der Waals surface area (Å²) in [5, 5.41) is 7.52. The van der Waals surface area contributed by atoms with Gasteiger partial charge in [0.25, 0.3) is 0 Å². The van der Waals surface area contributed by atoms with Gasteiger partial charge in [0, 0.05) is 13.2 Å². The summed E-state index contributed by atoms with van der Waals surface area (Å²) in [7, 11) is 0. The van der Waals surface area contributed by atoms with E-state index in [1.54, 1.807) is 0 Å². The van der Waals surface area contributed by atoms with Gasteiger partial charge in [-0.25, -0.2) is 0 Å². The summed E-state index contributed by atoms with van der Waals surface area (Å²) in [5.74, 6) is 1.93. The lowest BCUT2D eigenvalue weighted by Gasteiger charge is -2.24. The van der Waals surface area contributed by atoms with Gasteiger partial charge in [-0.3, -0.25) is 0 Å². The highest BCUT2D eigenvalue weighted by Crippen LogP contribution is 2.41. The van der Waals surface area contributed by atoms with Crippen molar-refractivity contribution >= 4 is 0 Å². The highest BCUT2D eigenvalue weighted by molar-refractivity contribution is 5.07. The number of hydrogen-bond donors (Lipinski definition) is 1. The summed E-state index contributed by atoms with van der Waals surface area (Å²) in [5.41, 5.74) is -0.275. The van der Waals surface area contributed by atoms with Gasteiger partial charge in [0.15, 0.2) is 0 Å². The molecular weight excluding hydrogens is 230 g/mol. The zero-order valence-electron chi connectivity index (χ0n) is 10.9. The van der Waals surface area contributed by atoms with Gasteiger partial charge in [-0.2, -0.15) is 4.98 Å². The van der Waals surface area contributed by atoms with Gasteiger partial charge < -0.3 is 14.6 Å². The minimum absolute atomic E-state index is 0.275. The van der Waals surface area contributed by atoms with Gasteiger partial charge in [0.05, 0.1) is 5.92 Å². The van der Waals surface area contributed by atoms with E-state index in [1.807, 2.05) is 6.92 Å². The van der Waals surface area contributed by atoms with Crippen LogP contribution in [0.2, 0.25) is 0 Å². The summed E-state index contributed by atoms with van der Waals surface area (Å²) in [6.45, 7) is 4.72. The summed E-state index contributed by atoms with van der Waals surface area (Å²) in [4.78, 5) is 4.62. The molecule has 100 valence electrons. The van der Waals surface area contributed by atoms with Crippen molar-refractivity contribution in [3.63, 3.8) is 0 Å². The zero-order valence-corrected chi connectivity index (χ0v) is 10.9. The van der Waals surface area contributed by atoms with Crippen molar-refractivity contribution in [1.82, 2.24) is 15.5 Å². The van der Waals surface area contributed by atoms with E-state index in [0.717, 1.165) is 44.1 Å². The van der Waals surface area contributed by atoms with Gasteiger partial charge in [0.1, 0.15) is 5.60 Å². The van der Waals surface area contributed by atoms with Crippen LogP contribution in [0.25, 0.3) is 0 Å². The molecule has 1 N–H and O–H groups in total. The molecule has 0 radical (unpaired) electrons. The fourth-order valence-corrected chi connectivity index (χ4v) is 3.11. The molecule has 18 heavy (non-hydrogen) atoms. The molecule has 1 saturated heterocycles. The zero-order chi connectivity index (χ0) is 12.4. The molecule has 2 fully saturated rings. The number of rotatable bonds is 4. The molecule has 1 unspecified atom stereocenters. The average Bonchev–Trinajstić information content (AvgIpc) is 3.11. The molecule has 3 rings (SSSR count). The smallest absolute Gasteiger partial charge is 0.231 e. The standard InChI is InChI=1S/C13H21N3O2/c1-2-17-13(6-3-4-7-13)12-15-11(18-16-12)10-5-8-14-9-10/h10,14H,2-9H2,1H3. The van der Waals surface area contributed by atoms with Crippen molar-refractivity contribution < 1.29 is 9.26 Å². The van der Waals surface area contributed by atoms with Gasteiger partial charge in [-0.15, -0.1) is 0 Å². The molecule has 1 aliphatic carbocycles. The molecule has 1 aromatic heterocycles. The quantitative estimate of drug-likeness (QED) is 0.886. The first kappa shape index (κ1) is 12.1. The predicted octanol–water partition coefficient (Wildman–Crippen LogP) is 1.95. The second kappa shape index (κ2) is 4.97. The van der Waals surface area contributed by atoms with Crippen molar-refractivity contribution in [1.29, 1.82) is 0 Å². The molecule has 5 heteroatoms. The summed E-state index contributed by atoms with van der Waals surface area (Å²) in [6, 6.07) is 0. The van der Waals surface area contributed by atoms with Crippen LogP contribution in [0.15, 0.2) is 4.52 Å². The summed E-state index contributed by atoms with van der Waals surface area (Å²) >= 11 is 0. The number of nitrogens with one attached hydrogen (secondary N) is 1. The monoisotopic (exact) mass is 251 g/mol. The van der Waals surface area contributed by atoms with Crippen LogP contribution < -0.4 is 5.32 Å². The van der Waals surface area contributed by atoms with Crippen molar-refractivity contribution in [3.05, 3.63) is 11.7 Å². The van der Waals surface area contributed by atoms with Crippen LogP contribution >= 0.6 is 0 Å². The Morgan fingerprint density at radius 2 is 2.28 bits per heavy atom. The second-order valence-corrected chi connectivity index (χ2v) is 5.28. The Balaban J connectivity index is 1.82. The van der Waals surface area contributed by atoms with Crippen LogP contribution in [-0.4, -0.2) is 29.8 Å². The van der Waals surface area contributed by atoms with Gasteiger partial charge in [-0.1, -0.05) is 5.16 Å². The van der Waals surface area contributed by atoms with Crippen molar-refractivity contribution in [2.45, 2.75) is 50.5 Å². The minimum Gasteiger partial charge on any atom is -0.367 e. The largest absolute Gasteiger partial charge is 0.367 e. The van der Waals surface area contributed by atoms with E-state index >= 15 is 0 Å². The molecule has 1 aromatic rings. The molecule has 5 nitrogen and oxygen atoms in total. The van der Waals surface area contributed by atoms with Crippen LogP contribution in [0.4, 0.5) is 0 Å². The average molecular weight is 251 g/mol. The fraction of sp³-hybridized carbons (Fsp3) is 0.846. The van der Waals surface area contributed by atoms with Crippen molar-refractivity contribution in [2.75, 3.05) is 19.7 Å². The molecule has 0 bridgehead atoms. The van der Waals surface area contributed by atoms with Crippen LogP contribution in [0.5, 0.6) is 0 Å². The van der Waals surface area contributed by atoms with E-state index in [4.69, 9.17) is 9.26 Å².